The molecule has 0 aromatic heterocycles. The third-order valence-corrected chi connectivity index (χ3v) is 11.6. The first-order valence-corrected chi connectivity index (χ1v) is 18.2. The number of carbonyl (C=O) groups is 3. The molecule has 0 aromatic rings. The van der Waals surface area contributed by atoms with Crippen molar-refractivity contribution in [1.82, 2.24) is 20.0 Å². The highest BCUT2D eigenvalue weighted by Crippen LogP contribution is 2.39. The molecule has 13 nitrogen and oxygen atoms in total. The Labute approximate surface area is 294 Å². The number of cyclic esters (lactones) is 1. The molecule has 49 heavy (non-hydrogen) atoms. The van der Waals surface area contributed by atoms with Crippen molar-refractivity contribution < 1.29 is 43.2 Å². The van der Waals surface area contributed by atoms with Gasteiger partial charge in [-0.05, 0) is 87.1 Å². The van der Waals surface area contributed by atoms with Crippen LogP contribution >= 0.6 is 0 Å². The molecule has 284 valence electrons. The molecular formula is C36H66N4O9. The van der Waals surface area contributed by atoms with Crippen LogP contribution in [0.5, 0.6) is 0 Å². The van der Waals surface area contributed by atoms with Gasteiger partial charge in [0.2, 0.25) is 0 Å². The molecule has 5 unspecified atom stereocenters. The lowest BCUT2D eigenvalue weighted by atomic mass is 9.78. The number of methoxy groups -OCH3 is 1. The summed E-state index contributed by atoms with van der Waals surface area (Å²) in [6, 6.07) is -0.885. The van der Waals surface area contributed by atoms with E-state index in [2.05, 4.69) is 29.0 Å². The lowest BCUT2D eigenvalue weighted by Gasteiger charge is -2.47. The molecule has 3 rings (SSSR count). The fourth-order valence-electron chi connectivity index (χ4n) is 8.32. The van der Waals surface area contributed by atoms with Crippen molar-refractivity contribution in [3.05, 3.63) is 0 Å². The summed E-state index contributed by atoms with van der Waals surface area (Å²) in [6.45, 7) is 17.4. The zero-order valence-electron chi connectivity index (χ0n) is 32.4. The molecular weight excluding hydrogens is 632 g/mol. The topological polar surface area (TPSA) is 139 Å². The second kappa shape index (κ2) is 17.1. The highest BCUT2D eigenvalue weighted by atomic mass is 16.7. The number of rotatable bonds is 9. The van der Waals surface area contributed by atoms with Gasteiger partial charge in [-0.25, -0.2) is 4.79 Å². The smallest absolute Gasteiger partial charge is 0.408 e. The number of alkyl carbamates (subject to hydrolysis) is 1. The Hall–Kier alpha value is -1.87. The van der Waals surface area contributed by atoms with Crippen molar-refractivity contribution in [1.29, 1.82) is 0 Å². The Balaban J connectivity index is 2.08. The lowest BCUT2D eigenvalue weighted by molar-refractivity contribution is -0.298. The van der Waals surface area contributed by atoms with Crippen molar-refractivity contribution in [3.63, 3.8) is 0 Å². The average molecular weight is 699 g/mol. The van der Waals surface area contributed by atoms with Crippen molar-refractivity contribution in [2.75, 3.05) is 54.9 Å². The van der Waals surface area contributed by atoms with E-state index in [9.17, 15) is 19.5 Å². The van der Waals surface area contributed by atoms with E-state index in [1.54, 1.807) is 21.0 Å². The molecule has 0 bridgehead atoms. The van der Waals surface area contributed by atoms with Gasteiger partial charge < -0.3 is 48.8 Å². The van der Waals surface area contributed by atoms with Crippen molar-refractivity contribution >= 4 is 17.8 Å². The molecule has 13 atom stereocenters. The highest BCUT2D eigenvalue weighted by molar-refractivity contribution is 6.00. The fraction of sp³-hybridized carbons (Fsp3) is 0.917. The van der Waals surface area contributed by atoms with Crippen LogP contribution in [0.3, 0.4) is 0 Å². The summed E-state index contributed by atoms with van der Waals surface area (Å²) in [5.41, 5.74) is -2.13. The number of aliphatic hydroxyl groups is 1. The highest BCUT2D eigenvalue weighted by Gasteiger charge is 2.58. The number of likely N-dealkylation sites (N-methyl/N-ethyl adjacent to an activating group) is 3. The van der Waals surface area contributed by atoms with E-state index in [4.69, 9.17) is 23.7 Å². The van der Waals surface area contributed by atoms with E-state index in [0.29, 0.717) is 38.8 Å². The maximum atomic E-state index is 14.3. The number of amides is 1. The lowest BCUT2D eigenvalue weighted by Crippen LogP contribution is -2.61. The van der Waals surface area contributed by atoms with Crippen LogP contribution in [0.1, 0.15) is 81.1 Å². The third kappa shape index (κ3) is 8.96. The van der Waals surface area contributed by atoms with Crippen LogP contribution in [0.4, 0.5) is 4.79 Å². The zero-order valence-corrected chi connectivity index (χ0v) is 32.4. The van der Waals surface area contributed by atoms with Crippen molar-refractivity contribution in [3.8, 4) is 0 Å². The number of ketones is 1. The van der Waals surface area contributed by atoms with Gasteiger partial charge in [-0.3, -0.25) is 9.59 Å². The Morgan fingerprint density at radius 2 is 1.73 bits per heavy atom. The summed E-state index contributed by atoms with van der Waals surface area (Å²) >= 11 is 0. The van der Waals surface area contributed by atoms with Gasteiger partial charge in [-0.2, -0.15) is 0 Å². The molecule has 3 saturated heterocycles. The Kier molecular flexibility index (Phi) is 14.5. The molecule has 3 aliphatic heterocycles. The summed E-state index contributed by atoms with van der Waals surface area (Å²) in [4.78, 5) is 47.2. The summed E-state index contributed by atoms with van der Waals surface area (Å²) in [6.07, 6.45) is -2.54. The van der Waals surface area contributed by atoms with Crippen molar-refractivity contribution in [2.24, 2.45) is 17.8 Å². The number of carbonyl (C=O) groups excluding carboxylic acids is 3. The minimum atomic E-state index is -1.14. The Morgan fingerprint density at radius 1 is 1.08 bits per heavy atom. The Morgan fingerprint density at radius 3 is 2.29 bits per heavy atom. The molecule has 0 radical (unpaired) electrons. The molecule has 0 aliphatic carbocycles. The van der Waals surface area contributed by atoms with Crippen LogP contribution in [0.15, 0.2) is 0 Å². The molecule has 3 heterocycles. The van der Waals surface area contributed by atoms with Gasteiger partial charge in [0, 0.05) is 38.2 Å². The van der Waals surface area contributed by atoms with Crippen LogP contribution in [0.25, 0.3) is 0 Å². The Bertz CT molecular complexity index is 1130. The number of nitrogens with zero attached hydrogens (tertiary/aromatic N) is 3. The van der Waals surface area contributed by atoms with Crippen LogP contribution in [-0.4, -0.2) is 153 Å². The molecule has 3 fully saturated rings. The molecule has 0 saturated carbocycles. The van der Waals surface area contributed by atoms with Crippen molar-refractivity contribution in [2.45, 2.75) is 141 Å². The van der Waals surface area contributed by atoms with Gasteiger partial charge in [0.1, 0.15) is 18.1 Å². The molecule has 0 aromatic carbocycles. The van der Waals surface area contributed by atoms with Gasteiger partial charge in [-0.1, -0.05) is 34.6 Å². The molecule has 3 aliphatic rings. The van der Waals surface area contributed by atoms with Gasteiger partial charge in [-0.15, -0.1) is 0 Å². The monoisotopic (exact) mass is 698 g/mol. The number of ether oxygens (including phenoxy) is 5. The summed E-state index contributed by atoms with van der Waals surface area (Å²) in [5, 5.41) is 14.6. The predicted octanol–water partition coefficient (Wildman–Crippen LogP) is 2.91. The third-order valence-electron chi connectivity index (χ3n) is 11.6. The second-order valence-corrected chi connectivity index (χ2v) is 15.4. The molecule has 1 amide bonds. The predicted molar refractivity (Wildman–Crippen MR) is 186 cm³/mol. The van der Waals surface area contributed by atoms with E-state index in [1.165, 1.54) is 0 Å². The number of Topliss-reactive ketones (excluding diaryl/α,β-unsaturated/α-hetero) is 1. The summed E-state index contributed by atoms with van der Waals surface area (Å²) in [7, 11) is 9.48. The minimum Gasteiger partial charge on any atom is -0.457 e. The quantitative estimate of drug-likeness (QED) is 0.271. The van der Waals surface area contributed by atoms with Crippen LogP contribution in [-0.2, 0) is 33.3 Å². The number of hydrogen-bond donors (Lipinski definition) is 2. The van der Waals surface area contributed by atoms with E-state index >= 15 is 0 Å². The van der Waals surface area contributed by atoms with E-state index in [1.807, 2.05) is 60.8 Å². The number of aliphatic hydroxyl groups excluding tert-OH is 1. The largest absolute Gasteiger partial charge is 0.457 e. The maximum absolute atomic E-state index is 14.3. The fourth-order valence-corrected chi connectivity index (χ4v) is 8.32. The average Bonchev–Trinajstić information content (AvgIpc) is 3.41. The standard InChI is InChI=1S/C36H66N4O9/c1-14-27-36(15-2)30(37-34(44)49-36)24(7)40(12)19-21(4)18-35(8,45-13)31(22(5)28(41)23(6)32(43)47-27)48-33-29(42)26(38(9)10)17-25(46-33)20-39(11)16-3/h21-27,29-31,33,42H,14-20H2,1-13H3,(H,37,44)/t21-,22+,23?,24-,25?,26?,27-,29?,30-,31-,33?,35-,36-/m1/s1. The van der Waals surface area contributed by atoms with Crippen LogP contribution in [0, 0.1) is 17.8 Å². The van der Waals surface area contributed by atoms with Gasteiger partial charge in [0.15, 0.2) is 17.7 Å². The number of esters is 1. The van der Waals surface area contributed by atoms with E-state index in [-0.39, 0.29) is 29.9 Å². The van der Waals surface area contributed by atoms with Gasteiger partial charge in [0.25, 0.3) is 0 Å². The van der Waals surface area contributed by atoms with Gasteiger partial charge in [0.05, 0.1) is 23.9 Å². The first-order chi connectivity index (χ1) is 22.9. The van der Waals surface area contributed by atoms with Crippen LogP contribution in [0.2, 0.25) is 0 Å². The molecule has 2 N–H and O–H groups in total. The maximum Gasteiger partial charge on any atom is 0.408 e. The summed E-state index contributed by atoms with van der Waals surface area (Å²) < 4.78 is 31.6. The molecule has 0 spiro atoms. The normalized spacial score (nSPS) is 41.9. The number of fused-ring (bicyclic) bond motifs is 1. The second-order valence-electron chi connectivity index (χ2n) is 15.4. The van der Waals surface area contributed by atoms with E-state index < -0.39 is 65.7 Å². The number of nitrogens with one attached hydrogen (secondary N) is 1. The minimum absolute atomic E-state index is 0.0416. The first-order valence-electron chi connectivity index (χ1n) is 18.2. The summed E-state index contributed by atoms with van der Waals surface area (Å²) in [5.74, 6) is -3.01. The zero-order chi connectivity index (χ0) is 37.0. The van der Waals surface area contributed by atoms with E-state index in [0.717, 1.165) is 6.54 Å². The van der Waals surface area contributed by atoms with Gasteiger partial charge >= 0.3 is 12.1 Å². The first kappa shape index (κ1) is 41.5. The molecule has 13 heteroatoms. The number of hydrogen-bond acceptors (Lipinski definition) is 12. The SMILES string of the molecule is CC[C@H]1OC(=O)C(C)C(=O)[C@H](C)[C@@H](OC2OC(CN(C)CC)CC(N(C)C)C2O)[C@](C)(OC)C[C@@H](C)CN(C)[C@H](C)[C@H]2NC(=O)O[C@@]21CC. The van der Waals surface area contributed by atoms with Crippen LogP contribution < -0.4 is 5.32 Å².